The van der Waals surface area contributed by atoms with Crippen LogP contribution in [0, 0.1) is 18.8 Å². The lowest BCUT2D eigenvalue weighted by Crippen LogP contribution is -2.20. The molecule has 250 valence electrons. The SMILES string of the molecule is COc1cccc2c1CC[C@@H]2Nc1nccc2cc(-c3c(C(N)=O)c(CC(C)C)nc(CCC4CCOCC4)c3-c3ncc(C)o3)sc12. The Kier molecular flexibility index (Phi) is 9.20. The molecule has 4 aromatic heterocycles. The molecule has 1 aliphatic heterocycles. The summed E-state index contributed by atoms with van der Waals surface area (Å²) < 4.78 is 18.5. The average molecular weight is 666 g/mol. The summed E-state index contributed by atoms with van der Waals surface area (Å²) >= 11 is 1.61. The molecule has 3 N–H and O–H groups in total. The molecule has 0 bridgehead atoms. The monoisotopic (exact) mass is 665 g/mol. The summed E-state index contributed by atoms with van der Waals surface area (Å²) in [6, 6.07) is 10.5. The smallest absolute Gasteiger partial charge is 0.251 e. The number of ether oxygens (including phenoxy) is 2. The predicted molar refractivity (Wildman–Crippen MR) is 190 cm³/mol. The third kappa shape index (κ3) is 6.31. The number of fused-ring (bicyclic) bond motifs is 2. The Hall–Kier alpha value is -4.28. The zero-order valence-corrected chi connectivity index (χ0v) is 28.9. The maximum Gasteiger partial charge on any atom is 0.251 e. The summed E-state index contributed by atoms with van der Waals surface area (Å²) in [5.74, 6) is 3.22. The van der Waals surface area contributed by atoms with E-state index in [0.717, 1.165) is 101 Å². The molecule has 5 heterocycles. The van der Waals surface area contributed by atoms with Crippen molar-refractivity contribution in [3.05, 3.63) is 76.6 Å². The topological polar surface area (TPSA) is 125 Å². The molecular weight excluding hydrogens is 623 g/mol. The second-order valence-electron chi connectivity index (χ2n) is 13.4. The number of aromatic nitrogens is 3. The van der Waals surface area contributed by atoms with Crippen LogP contribution in [-0.2, 0) is 24.0 Å². The number of methoxy groups -OCH3 is 1. The number of hydrogen-bond acceptors (Lipinski definition) is 9. The lowest BCUT2D eigenvalue weighted by Gasteiger charge is -2.23. The number of pyridine rings is 2. The molecule has 9 nitrogen and oxygen atoms in total. The highest BCUT2D eigenvalue weighted by Gasteiger charge is 2.30. The molecule has 7 rings (SSSR count). The van der Waals surface area contributed by atoms with Crippen molar-refractivity contribution in [3.8, 4) is 27.6 Å². The summed E-state index contributed by atoms with van der Waals surface area (Å²) in [6.07, 6.45) is 9.86. The van der Waals surface area contributed by atoms with Gasteiger partial charge in [0.25, 0.3) is 5.91 Å². The van der Waals surface area contributed by atoms with Crippen LogP contribution in [0.2, 0.25) is 0 Å². The van der Waals surface area contributed by atoms with Crippen LogP contribution in [0.15, 0.2) is 47.1 Å². The molecule has 0 saturated carbocycles. The third-order valence-corrected chi connectivity index (χ3v) is 10.8. The summed E-state index contributed by atoms with van der Waals surface area (Å²) in [5.41, 5.74) is 12.3. The number of carbonyl (C=O) groups is 1. The standard InChI is InChI=1S/C38H43N5O4S/c1-21(2)18-29-32(36(39)44)34(33(38-41-20-22(3)47-38)28(42-29)10-8-23-13-16-46-17-14-23)31-19-24-12-15-40-37(35(24)48-31)43-27-11-9-26-25(27)6-5-7-30(26)45-4/h5-7,12,15,19-21,23,27H,8-11,13-14,16-18H2,1-4H3,(H2,39,44)(H,40,43)/t27-/m0/s1. The molecule has 1 fully saturated rings. The largest absolute Gasteiger partial charge is 0.496 e. The first kappa shape index (κ1) is 32.3. The van der Waals surface area contributed by atoms with E-state index in [0.29, 0.717) is 29.6 Å². The van der Waals surface area contributed by atoms with E-state index in [1.807, 2.05) is 31.3 Å². The fourth-order valence-electron chi connectivity index (χ4n) is 7.31. The second kappa shape index (κ2) is 13.7. The van der Waals surface area contributed by atoms with Crippen LogP contribution in [0.4, 0.5) is 5.82 Å². The molecular formula is C38H43N5O4S. The summed E-state index contributed by atoms with van der Waals surface area (Å²) in [7, 11) is 1.72. The van der Waals surface area contributed by atoms with Crippen LogP contribution < -0.4 is 15.8 Å². The maximum absolute atomic E-state index is 13.5. The molecule has 1 saturated heterocycles. The Morgan fingerprint density at radius 2 is 1.96 bits per heavy atom. The van der Waals surface area contributed by atoms with E-state index in [4.69, 9.17) is 29.6 Å². The van der Waals surface area contributed by atoms with Gasteiger partial charge in [0.2, 0.25) is 5.89 Å². The van der Waals surface area contributed by atoms with Crippen LogP contribution in [-0.4, -0.2) is 41.2 Å². The van der Waals surface area contributed by atoms with Crippen molar-refractivity contribution in [1.29, 1.82) is 0 Å². The number of primary amides is 1. The van der Waals surface area contributed by atoms with Crippen molar-refractivity contribution in [2.45, 2.75) is 71.8 Å². The van der Waals surface area contributed by atoms with Gasteiger partial charge in [0.15, 0.2) is 0 Å². The van der Waals surface area contributed by atoms with Gasteiger partial charge < -0.3 is 24.9 Å². The van der Waals surface area contributed by atoms with Crippen LogP contribution in [0.3, 0.4) is 0 Å². The number of rotatable bonds is 11. The summed E-state index contributed by atoms with van der Waals surface area (Å²) in [4.78, 5) is 29.1. The first-order valence-electron chi connectivity index (χ1n) is 17.0. The number of thiophene rings is 1. The van der Waals surface area contributed by atoms with Gasteiger partial charge in [-0.05, 0) is 98.4 Å². The van der Waals surface area contributed by atoms with Crippen LogP contribution in [0.5, 0.6) is 5.75 Å². The van der Waals surface area contributed by atoms with Crippen LogP contribution in [0.1, 0.15) is 84.2 Å². The van der Waals surface area contributed by atoms with E-state index in [1.54, 1.807) is 24.6 Å². The highest BCUT2D eigenvalue weighted by Crippen LogP contribution is 2.46. The zero-order chi connectivity index (χ0) is 33.4. The number of oxazole rings is 1. The molecule has 1 aromatic carbocycles. The van der Waals surface area contributed by atoms with Gasteiger partial charge in [-0.15, -0.1) is 11.3 Å². The Morgan fingerprint density at radius 1 is 1.12 bits per heavy atom. The van der Waals surface area contributed by atoms with E-state index in [9.17, 15) is 4.79 Å². The molecule has 0 radical (unpaired) electrons. The Morgan fingerprint density at radius 3 is 2.69 bits per heavy atom. The second-order valence-corrected chi connectivity index (χ2v) is 14.5. The number of nitrogens with two attached hydrogens (primary N) is 1. The van der Waals surface area contributed by atoms with E-state index in [2.05, 4.69) is 36.3 Å². The summed E-state index contributed by atoms with van der Waals surface area (Å²) in [5, 5.41) is 4.78. The number of benzene rings is 1. The van der Waals surface area contributed by atoms with Crippen molar-refractivity contribution >= 4 is 33.1 Å². The van der Waals surface area contributed by atoms with Gasteiger partial charge in [0.1, 0.15) is 17.3 Å². The minimum Gasteiger partial charge on any atom is -0.496 e. The number of amides is 1. The predicted octanol–water partition coefficient (Wildman–Crippen LogP) is 8.09. The Balaban J connectivity index is 1.38. The zero-order valence-electron chi connectivity index (χ0n) is 28.1. The van der Waals surface area contributed by atoms with Crippen molar-refractivity contribution in [3.63, 3.8) is 0 Å². The molecule has 10 heteroatoms. The lowest BCUT2D eigenvalue weighted by atomic mass is 9.89. The highest BCUT2D eigenvalue weighted by molar-refractivity contribution is 7.23. The van der Waals surface area contributed by atoms with E-state index in [1.165, 1.54) is 11.1 Å². The lowest BCUT2D eigenvalue weighted by molar-refractivity contribution is 0.0639. The van der Waals surface area contributed by atoms with Gasteiger partial charge >= 0.3 is 0 Å². The highest BCUT2D eigenvalue weighted by atomic mass is 32.1. The number of carbonyl (C=O) groups excluding carboxylic acids is 1. The van der Waals surface area contributed by atoms with Crippen molar-refractivity contribution < 1.29 is 18.7 Å². The van der Waals surface area contributed by atoms with Gasteiger partial charge in [-0.3, -0.25) is 9.78 Å². The summed E-state index contributed by atoms with van der Waals surface area (Å²) in [6.45, 7) is 7.74. The van der Waals surface area contributed by atoms with E-state index < -0.39 is 5.91 Å². The number of hydrogen-bond donors (Lipinski definition) is 2. The quantitative estimate of drug-likeness (QED) is 0.145. The van der Waals surface area contributed by atoms with E-state index in [-0.39, 0.29) is 12.0 Å². The normalized spacial score (nSPS) is 16.5. The number of anilines is 1. The van der Waals surface area contributed by atoms with Gasteiger partial charge in [-0.2, -0.15) is 0 Å². The maximum atomic E-state index is 13.5. The number of nitrogens with zero attached hydrogens (tertiary/aromatic N) is 3. The molecule has 1 atom stereocenters. The first-order valence-corrected chi connectivity index (χ1v) is 17.8. The van der Waals surface area contributed by atoms with Gasteiger partial charge in [-0.1, -0.05) is 26.0 Å². The Bertz CT molecular complexity index is 1960. The minimum absolute atomic E-state index is 0.112. The third-order valence-electron chi connectivity index (χ3n) is 9.60. The number of nitrogens with one attached hydrogen (secondary N) is 1. The first-order chi connectivity index (χ1) is 23.3. The molecule has 48 heavy (non-hydrogen) atoms. The van der Waals surface area contributed by atoms with Crippen LogP contribution in [0.25, 0.3) is 32.0 Å². The van der Waals surface area contributed by atoms with Gasteiger partial charge in [-0.25, -0.2) is 9.97 Å². The molecule has 0 unspecified atom stereocenters. The fraction of sp³-hybridized carbons (Fsp3) is 0.421. The van der Waals surface area contributed by atoms with Crippen LogP contribution >= 0.6 is 11.3 Å². The van der Waals surface area contributed by atoms with Gasteiger partial charge in [0, 0.05) is 29.9 Å². The van der Waals surface area contributed by atoms with Crippen molar-refractivity contribution in [2.75, 3.05) is 25.6 Å². The molecule has 1 aliphatic carbocycles. The van der Waals surface area contributed by atoms with Crippen molar-refractivity contribution in [2.24, 2.45) is 17.6 Å². The molecule has 0 spiro atoms. The van der Waals surface area contributed by atoms with E-state index >= 15 is 0 Å². The average Bonchev–Trinajstić information content (AvgIpc) is 3.82. The fourth-order valence-corrected chi connectivity index (χ4v) is 8.47. The molecule has 1 amide bonds. The van der Waals surface area contributed by atoms with Crippen molar-refractivity contribution in [1.82, 2.24) is 15.0 Å². The molecule has 2 aliphatic rings. The Labute approximate surface area is 285 Å². The van der Waals surface area contributed by atoms with Gasteiger partial charge in [0.05, 0.1) is 46.6 Å². The minimum atomic E-state index is -0.501. The number of aryl methyl sites for hydroxylation is 2. The molecule has 5 aromatic rings.